The predicted octanol–water partition coefficient (Wildman–Crippen LogP) is 3.16. The molecule has 0 bridgehead atoms. The van der Waals surface area contributed by atoms with E-state index in [0.717, 1.165) is 16.0 Å². The third-order valence-corrected chi connectivity index (χ3v) is 5.89. The van der Waals surface area contributed by atoms with Gasteiger partial charge in [-0.15, -0.1) is 11.3 Å². The van der Waals surface area contributed by atoms with Crippen LogP contribution in [0.4, 0.5) is 5.13 Å². The lowest BCUT2D eigenvalue weighted by Gasteiger charge is -1.99. The normalized spacial score (nSPS) is 11.1. The molecule has 0 aliphatic rings. The molecule has 0 saturated carbocycles. The standard InChI is InChI=1S/C16H12N4O3S2/c1-7-11-13(21)17-6-18-15(11)25-12(7)14(22)20-16-19-9-4-3-8(23-2)5-10(9)24-16/h3-6H,1-2H3,(H,17,18,21)(H,19,20,22). The number of aromatic amines is 1. The SMILES string of the molecule is COc1ccc2nc(NC(=O)c3sc4nc[nH]c(=O)c4c3C)sc2c1. The van der Waals surface area contributed by atoms with Crippen molar-refractivity contribution in [1.29, 1.82) is 0 Å². The highest BCUT2D eigenvalue weighted by atomic mass is 32.1. The molecule has 9 heteroatoms. The van der Waals surface area contributed by atoms with Crippen molar-refractivity contribution in [2.24, 2.45) is 0 Å². The number of H-pyrrole nitrogens is 1. The van der Waals surface area contributed by atoms with Crippen molar-refractivity contribution >= 4 is 54.1 Å². The van der Waals surface area contributed by atoms with E-state index >= 15 is 0 Å². The summed E-state index contributed by atoms with van der Waals surface area (Å²) in [6, 6.07) is 5.53. The number of aryl methyl sites for hydroxylation is 1. The maximum absolute atomic E-state index is 12.6. The molecule has 3 heterocycles. The Bertz CT molecular complexity index is 1180. The number of carbonyl (C=O) groups excluding carboxylic acids is 1. The van der Waals surface area contributed by atoms with Crippen LogP contribution >= 0.6 is 22.7 Å². The molecule has 3 aromatic heterocycles. The highest BCUT2D eigenvalue weighted by molar-refractivity contribution is 7.23. The number of methoxy groups -OCH3 is 1. The van der Waals surface area contributed by atoms with Crippen molar-refractivity contribution in [3.8, 4) is 5.75 Å². The second-order valence-electron chi connectivity index (χ2n) is 5.27. The van der Waals surface area contributed by atoms with Crippen LogP contribution in [0.15, 0.2) is 29.3 Å². The molecule has 2 N–H and O–H groups in total. The number of benzene rings is 1. The van der Waals surface area contributed by atoms with Gasteiger partial charge in [0.05, 0.1) is 33.9 Å². The lowest BCUT2D eigenvalue weighted by Crippen LogP contribution is -2.12. The number of ether oxygens (including phenoxy) is 1. The monoisotopic (exact) mass is 372 g/mol. The van der Waals surface area contributed by atoms with Gasteiger partial charge in [-0.25, -0.2) is 9.97 Å². The molecule has 7 nitrogen and oxygen atoms in total. The van der Waals surface area contributed by atoms with Gasteiger partial charge in [0.25, 0.3) is 11.5 Å². The highest BCUT2D eigenvalue weighted by Gasteiger charge is 2.19. The second kappa shape index (κ2) is 5.94. The number of nitrogens with one attached hydrogen (secondary N) is 2. The minimum Gasteiger partial charge on any atom is -0.497 e. The minimum atomic E-state index is -0.300. The largest absolute Gasteiger partial charge is 0.497 e. The van der Waals surface area contributed by atoms with Crippen molar-refractivity contribution in [2.75, 3.05) is 12.4 Å². The first-order valence-corrected chi connectivity index (χ1v) is 8.93. The summed E-state index contributed by atoms with van der Waals surface area (Å²) in [6.07, 6.45) is 1.34. The first-order chi connectivity index (χ1) is 12.1. The maximum Gasteiger partial charge on any atom is 0.267 e. The fourth-order valence-corrected chi connectivity index (χ4v) is 4.47. The van der Waals surface area contributed by atoms with E-state index in [9.17, 15) is 9.59 Å². The number of hydrogen-bond donors (Lipinski definition) is 2. The van der Waals surface area contributed by atoms with Crippen molar-refractivity contribution in [3.63, 3.8) is 0 Å². The molecule has 1 amide bonds. The van der Waals surface area contributed by atoms with Crippen molar-refractivity contribution in [1.82, 2.24) is 15.0 Å². The molecule has 1 aromatic carbocycles. The number of amides is 1. The van der Waals surface area contributed by atoms with Crippen molar-refractivity contribution < 1.29 is 9.53 Å². The lowest BCUT2D eigenvalue weighted by molar-refractivity contribution is 0.103. The zero-order chi connectivity index (χ0) is 17.6. The van der Waals surface area contributed by atoms with Crippen LogP contribution in [0.5, 0.6) is 5.75 Å². The number of thiazole rings is 1. The molecular formula is C16H12N4O3S2. The molecule has 0 unspecified atom stereocenters. The number of anilines is 1. The smallest absolute Gasteiger partial charge is 0.267 e. The van der Waals surface area contributed by atoms with Crippen LogP contribution in [-0.4, -0.2) is 28.0 Å². The van der Waals surface area contributed by atoms with E-state index in [0.29, 0.717) is 25.8 Å². The van der Waals surface area contributed by atoms with Gasteiger partial charge in [-0.2, -0.15) is 0 Å². The summed E-state index contributed by atoms with van der Waals surface area (Å²) in [5.74, 6) is 0.436. The van der Waals surface area contributed by atoms with Crippen molar-refractivity contribution in [2.45, 2.75) is 6.92 Å². The Morgan fingerprint density at radius 1 is 1.32 bits per heavy atom. The number of rotatable bonds is 3. The van der Waals surface area contributed by atoms with Crippen LogP contribution in [0.3, 0.4) is 0 Å². The molecule has 25 heavy (non-hydrogen) atoms. The summed E-state index contributed by atoms with van der Waals surface area (Å²) in [6.45, 7) is 1.74. The lowest BCUT2D eigenvalue weighted by atomic mass is 10.2. The predicted molar refractivity (Wildman–Crippen MR) is 99.1 cm³/mol. The molecule has 0 atom stereocenters. The van der Waals surface area contributed by atoms with Gasteiger partial charge >= 0.3 is 0 Å². The third kappa shape index (κ3) is 2.67. The van der Waals surface area contributed by atoms with Gasteiger partial charge in [0.2, 0.25) is 0 Å². The van der Waals surface area contributed by atoms with Crippen molar-refractivity contribution in [3.05, 3.63) is 45.3 Å². The molecular weight excluding hydrogens is 360 g/mol. The van der Waals surface area contributed by atoms with Gasteiger partial charge in [-0.1, -0.05) is 11.3 Å². The van der Waals surface area contributed by atoms with Gasteiger partial charge in [0.15, 0.2) is 5.13 Å². The molecule has 4 rings (SSSR count). The van der Waals surface area contributed by atoms with Gasteiger partial charge in [-0.05, 0) is 30.7 Å². The van der Waals surface area contributed by atoms with Gasteiger partial charge < -0.3 is 9.72 Å². The van der Waals surface area contributed by atoms with Gasteiger partial charge in [0, 0.05) is 0 Å². The van der Waals surface area contributed by atoms with E-state index in [4.69, 9.17) is 4.74 Å². The van der Waals surface area contributed by atoms with E-state index in [2.05, 4.69) is 20.3 Å². The van der Waals surface area contributed by atoms with Crippen LogP contribution < -0.4 is 15.6 Å². The fourth-order valence-electron chi connectivity index (χ4n) is 2.53. The third-order valence-electron chi connectivity index (χ3n) is 3.76. The molecule has 0 spiro atoms. The van der Waals surface area contributed by atoms with E-state index in [-0.39, 0.29) is 11.5 Å². The summed E-state index contributed by atoms with van der Waals surface area (Å²) >= 11 is 2.56. The average Bonchev–Trinajstić information content (AvgIpc) is 3.15. The molecule has 0 aliphatic carbocycles. The molecule has 0 saturated heterocycles. The van der Waals surface area contributed by atoms with E-state index < -0.39 is 0 Å². The van der Waals surface area contributed by atoms with Crippen LogP contribution in [0.25, 0.3) is 20.4 Å². The zero-order valence-electron chi connectivity index (χ0n) is 13.2. The molecule has 0 fully saturated rings. The molecule has 4 aromatic rings. The van der Waals surface area contributed by atoms with Gasteiger partial charge in [-0.3, -0.25) is 14.9 Å². The average molecular weight is 372 g/mol. The molecule has 0 aliphatic heterocycles. The van der Waals surface area contributed by atoms with E-state index in [1.165, 1.54) is 29.0 Å². The van der Waals surface area contributed by atoms with Crippen LogP contribution in [0.1, 0.15) is 15.2 Å². The Morgan fingerprint density at radius 2 is 2.16 bits per heavy atom. The number of aromatic nitrogens is 3. The summed E-state index contributed by atoms with van der Waals surface area (Å²) < 4.78 is 6.11. The summed E-state index contributed by atoms with van der Waals surface area (Å²) in [5.41, 5.74) is 1.16. The summed E-state index contributed by atoms with van der Waals surface area (Å²) in [4.78, 5) is 36.6. The Balaban J connectivity index is 1.69. The Morgan fingerprint density at radius 3 is 2.92 bits per heavy atom. The first-order valence-electron chi connectivity index (χ1n) is 7.29. The second-order valence-corrected chi connectivity index (χ2v) is 7.30. The topological polar surface area (TPSA) is 97.0 Å². The Hall–Kier alpha value is -2.78. The number of fused-ring (bicyclic) bond motifs is 2. The number of carbonyl (C=O) groups is 1. The summed E-state index contributed by atoms with van der Waals surface area (Å²) in [5, 5.41) is 3.75. The molecule has 0 radical (unpaired) electrons. The fraction of sp³-hybridized carbons (Fsp3) is 0.125. The zero-order valence-corrected chi connectivity index (χ0v) is 14.9. The van der Waals surface area contributed by atoms with Crippen LogP contribution in [-0.2, 0) is 0 Å². The van der Waals surface area contributed by atoms with Gasteiger partial charge in [0.1, 0.15) is 10.6 Å². The Labute approximate surface area is 149 Å². The first kappa shape index (κ1) is 15.7. The number of hydrogen-bond acceptors (Lipinski definition) is 7. The van der Waals surface area contributed by atoms with E-state index in [1.54, 1.807) is 14.0 Å². The maximum atomic E-state index is 12.6. The van der Waals surface area contributed by atoms with Crippen LogP contribution in [0, 0.1) is 6.92 Å². The Kier molecular flexibility index (Phi) is 3.74. The highest BCUT2D eigenvalue weighted by Crippen LogP contribution is 2.31. The minimum absolute atomic E-state index is 0.245. The number of nitrogens with zero attached hydrogens (tertiary/aromatic N) is 2. The molecule has 126 valence electrons. The van der Waals surface area contributed by atoms with Crippen LogP contribution in [0.2, 0.25) is 0 Å². The summed E-state index contributed by atoms with van der Waals surface area (Å²) in [7, 11) is 1.60. The van der Waals surface area contributed by atoms with E-state index in [1.807, 2.05) is 18.2 Å². The number of thiophene rings is 1. The quantitative estimate of drug-likeness (QED) is 0.576.